The van der Waals surface area contributed by atoms with Crippen LogP contribution >= 0.6 is 0 Å². The van der Waals surface area contributed by atoms with Gasteiger partial charge in [-0.2, -0.15) is 0 Å². The molecule has 0 spiro atoms. The maximum absolute atomic E-state index is 11.2. The quantitative estimate of drug-likeness (QED) is 0.820. The average Bonchev–Trinajstić information content (AvgIpc) is 2.47. The van der Waals surface area contributed by atoms with Crippen molar-refractivity contribution >= 4 is 17.7 Å². The molecule has 0 saturated heterocycles. The first kappa shape index (κ1) is 14.8. The minimum Gasteiger partial charge on any atom is -0.372 e. The van der Waals surface area contributed by atoms with Crippen LogP contribution in [0.15, 0.2) is 44.9 Å². The number of benzene rings is 1. The highest BCUT2D eigenvalue weighted by atomic mass is 16.2. The first-order valence-corrected chi connectivity index (χ1v) is 6.85. The third kappa shape index (κ3) is 3.92. The SMILES string of the molecule is CCN(CC)c1ccc(C=Nc2cc(=O)[nH]c(=O)[nH]2)cc1. The molecule has 1 aromatic carbocycles. The van der Waals surface area contributed by atoms with Gasteiger partial charge >= 0.3 is 5.69 Å². The molecule has 1 heterocycles. The highest BCUT2D eigenvalue weighted by Crippen LogP contribution is 2.14. The van der Waals surface area contributed by atoms with Gasteiger partial charge in [0.25, 0.3) is 5.56 Å². The van der Waals surface area contributed by atoms with Gasteiger partial charge in [-0.3, -0.25) is 14.8 Å². The Morgan fingerprint density at radius 1 is 1.10 bits per heavy atom. The third-order valence-electron chi connectivity index (χ3n) is 3.12. The summed E-state index contributed by atoms with van der Waals surface area (Å²) in [6, 6.07) is 9.18. The number of hydrogen-bond acceptors (Lipinski definition) is 4. The lowest BCUT2D eigenvalue weighted by Crippen LogP contribution is -2.21. The molecule has 110 valence electrons. The van der Waals surface area contributed by atoms with Crippen LogP contribution in [0.4, 0.5) is 11.5 Å². The van der Waals surface area contributed by atoms with Gasteiger partial charge in [-0.25, -0.2) is 9.79 Å². The van der Waals surface area contributed by atoms with Crippen LogP contribution in [-0.4, -0.2) is 29.3 Å². The number of H-pyrrole nitrogens is 2. The molecule has 0 aliphatic carbocycles. The van der Waals surface area contributed by atoms with E-state index in [9.17, 15) is 9.59 Å². The Bertz CT molecular complexity index is 696. The Hall–Kier alpha value is -2.63. The fourth-order valence-electron chi connectivity index (χ4n) is 2.03. The molecule has 0 atom stereocenters. The van der Waals surface area contributed by atoms with E-state index in [0.717, 1.165) is 24.3 Å². The van der Waals surface area contributed by atoms with Crippen LogP contribution in [-0.2, 0) is 0 Å². The summed E-state index contributed by atoms with van der Waals surface area (Å²) in [5.41, 5.74) is 1.02. The van der Waals surface area contributed by atoms with E-state index in [4.69, 9.17) is 0 Å². The number of nitrogens with zero attached hydrogens (tertiary/aromatic N) is 2. The molecule has 2 rings (SSSR count). The highest BCUT2D eigenvalue weighted by molar-refractivity contribution is 5.82. The molecule has 0 saturated carbocycles. The molecule has 0 fully saturated rings. The summed E-state index contributed by atoms with van der Waals surface area (Å²) >= 11 is 0. The van der Waals surface area contributed by atoms with E-state index in [1.54, 1.807) is 6.21 Å². The van der Waals surface area contributed by atoms with E-state index in [1.807, 2.05) is 24.3 Å². The van der Waals surface area contributed by atoms with Gasteiger partial charge in [0.05, 0.1) is 0 Å². The van der Waals surface area contributed by atoms with E-state index in [1.165, 1.54) is 6.07 Å². The van der Waals surface area contributed by atoms with Gasteiger partial charge in [0.1, 0.15) is 5.82 Å². The molecule has 1 aromatic heterocycles. The summed E-state index contributed by atoms with van der Waals surface area (Å²) in [6.45, 7) is 6.14. The molecule has 6 heteroatoms. The zero-order valence-electron chi connectivity index (χ0n) is 12.1. The van der Waals surface area contributed by atoms with Crippen molar-refractivity contribution in [2.75, 3.05) is 18.0 Å². The van der Waals surface area contributed by atoms with Gasteiger partial charge in [-0.15, -0.1) is 0 Å². The molecule has 0 aliphatic heterocycles. The standard InChI is InChI=1S/C15H18N4O2/c1-3-19(4-2)12-7-5-11(6-8-12)10-16-13-9-14(20)18-15(21)17-13/h5-10H,3-4H2,1-2H3,(H2,17,18,20,21). The molecule has 0 bridgehead atoms. The van der Waals surface area contributed by atoms with E-state index in [-0.39, 0.29) is 5.82 Å². The summed E-state index contributed by atoms with van der Waals surface area (Å²) in [4.78, 5) is 33.2. The highest BCUT2D eigenvalue weighted by Gasteiger charge is 2.00. The van der Waals surface area contributed by atoms with E-state index in [2.05, 4.69) is 33.7 Å². The summed E-state index contributed by atoms with van der Waals surface area (Å²) in [5.74, 6) is 0.233. The van der Waals surface area contributed by atoms with Gasteiger partial charge in [0, 0.05) is 31.1 Å². The van der Waals surface area contributed by atoms with Crippen LogP contribution in [0.1, 0.15) is 19.4 Å². The first-order chi connectivity index (χ1) is 10.1. The minimum atomic E-state index is -0.563. The second-order valence-corrected chi connectivity index (χ2v) is 4.49. The molecule has 0 radical (unpaired) electrons. The molecule has 21 heavy (non-hydrogen) atoms. The predicted molar refractivity (Wildman–Crippen MR) is 84.9 cm³/mol. The van der Waals surface area contributed by atoms with Crippen LogP contribution in [0.25, 0.3) is 0 Å². The molecule has 2 N–H and O–H groups in total. The number of rotatable bonds is 5. The summed E-state index contributed by atoms with van der Waals surface area (Å²) in [6.07, 6.45) is 1.61. The Kier molecular flexibility index (Phi) is 4.71. The van der Waals surface area contributed by atoms with E-state index >= 15 is 0 Å². The summed E-state index contributed by atoms with van der Waals surface area (Å²) < 4.78 is 0. The molecule has 6 nitrogen and oxygen atoms in total. The lowest BCUT2D eigenvalue weighted by Gasteiger charge is -2.20. The molecular weight excluding hydrogens is 268 g/mol. The average molecular weight is 286 g/mol. The molecule has 0 amide bonds. The smallest absolute Gasteiger partial charge is 0.327 e. The topological polar surface area (TPSA) is 81.3 Å². The number of aromatic amines is 2. The van der Waals surface area contributed by atoms with Crippen molar-refractivity contribution in [3.8, 4) is 0 Å². The number of aromatic nitrogens is 2. The Balaban J connectivity index is 2.18. The summed E-state index contributed by atoms with van der Waals surface area (Å²) in [7, 11) is 0. The minimum absolute atomic E-state index is 0.233. The maximum Gasteiger partial charge on any atom is 0.327 e. The van der Waals surface area contributed by atoms with Crippen molar-refractivity contribution in [3.05, 3.63) is 56.7 Å². The normalized spacial score (nSPS) is 11.0. The van der Waals surface area contributed by atoms with Gasteiger partial charge in [0.2, 0.25) is 0 Å². The molecule has 0 unspecified atom stereocenters. The van der Waals surface area contributed by atoms with Gasteiger partial charge < -0.3 is 4.90 Å². The molecule has 2 aromatic rings. The van der Waals surface area contributed by atoms with Crippen molar-refractivity contribution < 1.29 is 0 Å². The number of anilines is 1. The maximum atomic E-state index is 11.2. The lowest BCUT2D eigenvalue weighted by molar-refractivity contribution is 0.866. The predicted octanol–water partition coefficient (Wildman–Crippen LogP) is 1.66. The zero-order valence-corrected chi connectivity index (χ0v) is 12.1. The first-order valence-electron chi connectivity index (χ1n) is 6.85. The fourth-order valence-corrected chi connectivity index (χ4v) is 2.03. The Morgan fingerprint density at radius 3 is 2.33 bits per heavy atom. The second-order valence-electron chi connectivity index (χ2n) is 4.49. The van der Waals surface area contributed by atoms with Crippen LogP contribution in [0.5, 0.6) is 0 Å². The van der Waals surface area contributed by atoms with Crippen molar-refractivity contribution in [2.45, 2.75) is 13.8 Å². The molecule has 0 aliphatic rings. The molecular formula is C15H18N4O2. The zero-order chi connectivity index (χ0) is 15.2. The Labute approximate surface area is 122 Å². The van der Waals surface area contributed by atoms with Crippen LogP contribution in [0.2, 0.25) is 0 Å². The van der Waals surface area contributed by atoms with Crippen LogP contribution < -0.4 is 16.1 Å². The third-order valence-corrected chi connectivity index (χ3v) is 3.12. The number of nitrogens with one attached hydrogen (secondary N) is 2. The van der Waals surface area contributed by atoms with Crippen molar-refractivity contribution in [1.82, 2.24) is 9.97 Å². The van der Waals surface area contributed by atoms with Gasteiger partial charge in [-0.05, 0) is 31.5 Å². The van der Waals surface area contributed by atoms with Crippen molar-refractivity contribution in [3.63, 3.8) is 0 Å². The largest absolute Gasteiger partial charge is 0.372 e. The van der Waals surface area contributed by atoms with E-state index < -0.39 is 11.2 Å². The number of aliphatic imine (C=N–C) groups is 1. The van der Waals surface area contributed by atoms with Crippen molar-refractivity contribution in [2.24, 2.45) is 4.99 Å². The monoisotopic (exact) mass is 286 g/mol. The van der Waals surface area contributed by atoms with Gasteiger partial charge in [-0.1, -0.05) is 12.1 Å². The van der Waals surface area contributed by atoms with Crippen LogP contribution in [0.3, 0.4) is 0 Å². The lowest BCUT2D eigenvalue weighted by atomic mass is 10.2. The van der Waals surface area contributed by atoms with Crippen molar-refractivity contribution in [1.29, 1.82) is 0 Å². The second kappa shape index (κ2) is 6.69. The fraction of sp³-hybridized carbons (Fsp3) is 0.267. The van der Waals surface area contributed by atoms with Gasteiger partial charge in [0.15, 0.2) is 0 Å². The Morgan fingerprint density at radius 2 is 1.76 bits per heavy atom. The van der Waals surface area contributed by atoms with E-state index in [0.29, 0.717) is 0 Å². The van der Waals surface area contributed by atoms with Crippen LogP contribution in [0, 0.1) is 0 Å². The summed E-state index contributed by atoms with van der Waals surface area (Å²) in [5, 5.41) is 0. The number of hydrogen-bond donors (Lipinski definition) is 2.